The maximum atomic E-state index is 9.84. The minimum atomic E-state index is 0.180. The number of nitriles is 2. The van der Waals surface area contributed by atoms with Gasteiger partial charge in [-0.05, 0) is 59.2 Å². The highest BCUT2D eigenvalue weighted by Gasteiger charge is 2.14. The van der Waals surface area contributed by atoms with E-state index >= 15 is 0 Å². The number of ether oxygens (including phenoxy) is 2. The molecule has 4 rings (SSSR count). The van der Waals surface area contributed by atoms with Crippen LogP contribution < -0.4 is 9.47 Å². The highest BCUT2D eigenvalue weighted by atomic mass is 35.5. The smallest absolute Gasteiger partial charge is 0.180 e. The van der Waals surface area contributed by atoms with Crippen molar-refractivity contribution in [1.29, 1.82) is 10.5 Å². The van der Waals surface area contributed by atoms with Gasteiger partial charge in [-0.25, -0.2) is 0 Å². The zero-order valence-corrected chi connectivity index (χ0v) is 19.3. The summed E-state index contributed by atoms with van der Waals surface area (Å²) < 4.78 is 11.8. The van der Waals surface area contributed by atoms with E-state index in [1.54, 1.807) is 24.3 Å². The summed E-state index contributed by atoms with van der Waals surface area (Å²) >= 11 is 6.58. The van der Waals surface area contributed by atoms with Crippen LogP contribution in [0.15, 0.2) is 78.9 Å². The van der Waals surface area contributed by atoms with Crippen molar-refractivity contribution in [3.63, 3.8) is 0 Å². The van der Waals surface area contributed by atoms with Gasteiger partial charge in [-0.3, -0.25) is 0 Å². The molecule has 0 heterocycles. The van der Waals surface area contributed by atoms with Crippen LogP contribution in [0.1, 0.15) is 29.2 Å². The van der Waals surface area contributed by atoms with E-state index in [4.69, 9.17) is 21.1 Å². The quantitative estimate of drug-likeness (QED) is 0.211. The first-order valence-corrected chi connectivity index (χ1v) is 11.2. The van der Waals surface area contributed by atoms with Crippen molar-refractivity contribution in [2.24, 2.45) is 0 Å². The molecule has 0 fully saturated rings. The van der Waals surface area contributed by atoms with Gasteiger partial charge in [0.1, 0.15) is 6.61 Å². The maximum Gasteiger partial charge on any atom is 0.180 e. The molecule has 0 bridgehead atoms. The lowest BCUT2D eigenvalue weighted by Gasteiger charge is -2.15. The SMILES string of the molecule is CCOc1cc(/C=C(/C#N)c2ccc3ccccc3c2)cc(Cl)c1OCc1ccccc1C#N. The molecule has 0 atom stereocenters. The van der Waals surface area contributed by atoms with Crippen LogP contribution >= 0.6 is 11.6 Å². The van der Waals surface area contributed by atoms with Crippen LogP contribution in [0.4, 0.5) is 0 Å². The lowest BCUT2D eigenvalue weighted by molar-refractivity contribution is 0.269. The second-order valence-corrected chi connectivity index (χ2v) is 7.96. The fraction of sp³-hybridized carbons (Fsp3) is 0.103. The van der Waals surface area contributed by atoms with E-state index in [1.165, 1.54) is 0 Å². The van der Waals surface area contributed by atoms with Gasteiger partial charge in [0.2, 0.25) is 0 Å². The Morgan fingerprint density at radius 1 is 0.912 bits per heavy atom. The number of nitrogens with zero attached hydrogens (tertiary/aromatic N) is 2. The monoisotopic (exact) mass is 464 g/mol. The molecule has 0 aliphatic rings. The molecule has 0 aliphatic carbocycles. The fourth-order valence-corrected chi connectivity index (χ4v) is 3.96. The Labute approximate surface area is 203 Å². The van der Waals surface area contributed by atoms with Gasteiger partial charge in [-0.1, -0.05) is 66.2 Å². The zero-order chi connectivity index (χ0) is 23.9. The Bertz CT molecular complexity index is 1460. The van der Waals surface area contributed by atoms with Crippen molar-refractivity contribution in [3.8, 4) is 23.6 Å². The number of benzene rings is 4. The average Bonchev–Trinajstić information content (AvgIpc) is 2.87. The highest BCUT2D eigenvalue weighted by Crippen LogP contribution is 2.38. The first-order chi connectivity index (χ1) is 16.6. The van der Waals surface area contributed by atoms with Crippen molar-refractivity contribution in [1.82, 2.24) is 0 Å². The van der Waals surface area contributed by atoms with Crippen LogP contribution in [0.2, 0.25) is 5.02 Å². The third-order valence-corrected chi connectivity index (χ3v) is 5.61. The Morgan fingerprint density at radius 3 is 2.44 bits per heavy atom. The Kier molecular flexibility index (Phi) is 7.13. The third kappa shape index (κ3) is 5.04. The molecule has 34 heavy (non-hydrogen) atoms. The van der Waals surface area contributed by atoms with Gasteiger partial charge >= 0.3 is 0 Å². The van der Waals surface area contributed by atoms with Crippen LogP contribution in [-0.4, -0.2) is 6.61 Å². The Morgan fingerprint density at radius 2 is 1.68 bits per heavy atom. The molecule has 0 amide bonds. The summed E-state index contributed by atoms with van der Waals surface area (Å²) in [6, 6.07) is 29.2. The van der Waals surface area contributed by atoms with Gasteiger partial charge in [0, 0.05) is 5.56 Å². The molecular weight excluding hydrogens is 444 g/mol. The van der Waals surface area contributed by atoms with Gasteiger partial charge in [0.15, 0.2) is 11.5 Å². The molecule has 0 unspecified atom stereocenters. The van der Waals surface area contributed by atoms with Crippen molar-refractivity contribution in [2.45, 2.75) is 13.5 Å². The minimum absolute atomic E-state index is 0.180. The van der Waals surface area contributed by atoms with Gasteiger partial charge in [-0.2, -0.15) is 10.5 Å². The topological polar surface area (TPSA) is 66.0 Å². The van der Waals surface area contributed by atoms with Crippen LogP contribution in [0.3, 0.4) is 0 Å². The van der Waals surface area contributed by atoms with Crippen molar-refractivity contribution in [3.05, 3.63) is 106 Å². The summed E-state index contributed by atoms with van der Waals surface area (Å²) in [5.41, 5.74) is 3.37. The number of rotatable bonds is 7. The standard InChI is InChI=1S/C29H21ClN2O2/c1-2-33-28-15-20(13-26(18-32)23-12-11-21-7-3-4-8-22(21)16-23)14-27(30)29(28)34-19-25-10-6-5-9-24(25)17-31/h3-16H,2,19H2,1H3/b26-13-. The predicted octanol–water partition coefficient (Wildman–Crippen LogP) is 7.41. The molecule has 166 valence electrons. The zero-order valence-electron chi connectivity index (χ0n) is 18.6. The maximum absolute atomic E-state index is 9.84. The summed E-state index contributed by atoms with van der Waals surface area (Å²) in [6.45, 7) is 2.48. The number of halogens is 1. The highest BCUT2D eigenvalue weighted by molar-refractivity contribution is 6.32. The van der Waals surface area contributed by atoms with E-state index in [0.717, 1.165) is 27.5 Å². The molecule has 0 saturated heterocycles. The second kappa shape index (κ2) is 10.6. The van der Waals surface area contributed by atoms with Crippen LogP contribution in [-0.2, 0) is 6.61 Å². The number of allylic oxidation sites excluding steroid dienone is 1. The van der Waals surface area contributed by atoms with Crippen molar-refractivity contribution in [2.75, 3.05) is 6.61 Å². The first kappa shape index (κ1) is 22.9. The summed E-state index contributed by atoms with van der Waals surface area (Å²) in [7, 11) is 0. The molecule has 0 N–H and O–H groups in total. The summed E-state index contributed by atoms with van der Waals surface area (Å²) in [4.78, 5) is 0. The second-order valence-electron chi connectivity index (χ2n) is 7.55. The third-order valence-electron chi connectivity index (χ3n) is 5.33. The first-order valence-electron chi connectivity index (χ1n) is 10.8. The van der Waals surface area contributed by atoms with E-state index in [0.29, 0.717) is 34.3 Å². The molecule has 0 radical (unpaired) electrons. The molecule has 4 nitrogen and oxygen atoms in total. The van der Waals surface area contributed by atoms with Gasteiger partial charge < -0.3 is 9.47 Å². The number of hydrogen-bond donors (Lipinski definition) is 0. The van der Waals surface area contributed by atoms with E-state index < -0.39 is 0 Å². The van der Waals surface area contributed by atoms with Gasteiger partial charge in [0.05, 0.1) is 34.9 Å². The van der Waals surface area contributed by atoms with Crippen LogP contribution in [0.5, 0.6) is 11.5 Å². The van der Waals surface area contributed by atoms with Gasteiger partial charge in [0.25, 0.3) is 0 Å². The van der Waals surface area contributed by atoms with Crippen molar-refractivity contribution >= 4 is 34.0 Å². The average molecular weight is 465 g/mol. The normalized spacial score (nSPS) is 11.0. The van der Waals surface area contributed by atoms with E-state index in [2.05, 4.69) is 12.1 Å². The molecule has 5 heteroatoms. The molecule has 0 aliphatic heterocycles. The predicted molar refractivity (Wildman–Crippen MR) is 136 cm³/mol. The fourth-order valence-electron chi connectivity index (χ4n) is 3.68. The molecule has 0 spiro atoms. The number of hydrogen-bond acceptors (Lipinski definition) is 4. The molecule has 0 saturated carbocycles. The van der Waals surface area contributed by atoms with Crippen LogP contribution in [0, 0.1) is 22.7 Å². The molecule has 4 aromatic rings. The largest absolute Gasteiger partial charge is 0.490 e. The summed E-state index contributed by atoms with van der Waals surface area (Å²) in [5.74, 6) is 0.879. The Hall–Kier alpha value is -4.25. The van der Waals surface area contributed by atoms with Gasteiger partial charge in [-0.15, -0.1) is 0 Å². The van der Waals surface area contributed by atoms with E-state index in [1.807, 2.05) is 67.6 Å². The lowest BCUT2D eigenvalue weighted by Crippen LogP contribution is -2.02. The van der Waals surface area contributed by atoms with Crippen LogP contribution in [0.25, 0.3) is 22.4 Å². The molecule has 4 aromatic carbocycles. The Balaban J connectivity index is 1.67. The van der Waals surface area contributed by atoms with E-state index in [9.17, 15) is 10.5 Å². The minimum Gasteiger partial charge on any atom is -0.490 e. The summed E-state index contributed by atoms with van der Waals surface area (Å²) in [6.07, 6.45) is 1.78. The molecule has 0 aromatic heterocycles. The van der Waals surface area contributed by atoms with Crippen molar-refractivity contribution < 1.29 is 9.47 Å². The van der Waals surface area contributed by atoms with E-state index in [-0.39, 0.29) is 6.61 Å². The molecular formula is C29H21ClN2O2. The number of fused-ring (bicyclic) bond motifs is 1. The summed E-state index contributed by atoms with van der Waals surface area (Å²) in [5, 5.41) is 21.7. The lowest BCUT2D eigenvalue weighted by atomic mass is 10.00.